The number of aromatic nitrogens is 2. The van der Waals surface area contributed by atoms with Crippen LogP contribution in [-0.2, 0) is 16.0 Å². The summed E-state index contributed by atoms with van der Waals surface area (Å²) >= 11 is 0. The van der Waals surface area contributed by atoms with Gasteiger partial charge in [-0.1, -0.05) is 18.2 Å². The van der Waals surface area contributed by atoms with Gasteiger partial charge >= 0.3 is 0 Å². The van der Waals surface area contributed by atoms with Gasteiger partial charge in [-0.05, 0) is 30.3 Å². The highest BCUT2D eigenvalue weighted by molar-refractivity contribution is 5.97. The van der Waals surface area contributed by atoms with Crippen LogP contribution in [-0.4, -0.2) is 28.6 Å². The minimum Gasteiger partial charge on any atom is -0.482 e. The molecule has 0 spiro atoms. The predicted molar refractivity (Wildman–Crippen MR) is 97.3 cm³/mol. The van der Waals surface area contributed by atoms with Gasteiger partial charge in [-0.3, -0.25) is 9.59 Å². The van der Waals surface area contributed by atoms with E-state index in [4.69, 9.17) is 9.15 Å². The Balaban J connectivity index is 1.34. The molecule has 4 rings (SSSR count). The van der Waals surface area contributed by atoms with Crippen molar-refractivity contribution in [3.05, 3.63) is 54.4 Å². The van der Waals surface area contributed by atoms with E-state index in [1.54, 1.807) is 18.2 Å². The SMILES string of the molecule is O=C(CCc1nnc(-c2ccccc2)o1)Nc1ccc2c(c1)NC(=O)CO2. The van der Waals surface area contributed by atoms with Crippen LogP contribution in [0.25, 0.3) is 11.5 Å². The fourth-order valence-electron chi connectivity index (χ4n) is 2.66. The Hall–Kier alpha value is -3.68. The van der Waals surface area contributed by atoms with Crippen molar-refractivity contribution in [1.82, 2.24) is 10.2 Å². The number of rotatable bonds is 5. The van der Waals surface area contributed by atoms with Crippen LogP contribution in [0.1, 0.15) is 12.3 Å². The van der Waals surface area contributed by atoms with Gasteiger partial charge in [-0.2, -0.15) is 0 Å². The van der Waals surface area contributed by atoms with E-state index in [9.17, 15) is 9.59 Å². The molecule has 0 fully saturated rings. The highest BCUT2D eigenvalue weighted by atomic mass is 16.5. The first kappa shape index (κ1) is 16.8. The van der Waals surface area contributed by atoms with E-state index in [0.717, 1.165) is 5.56 Å². The van der Waals surface area contributed by atoms with Gasteiger partial charge in [0.15, 0.2) is 6.61 Å². The molecule has 1 aliphatic heterocycles. The molecule has 3 aromatic rings. The molecule has 1 aliphatic rings. The largest absolute Gasteiger partial charge is 0.482 e. The third-order valence-electron chi connectivity index (χ3n) is 3.95. The Morgan fingerprint density at radius 1 is 1.15 bits per heavy atom. The Kier molecular flexibility index (Phi) is 4.52. The number of ether oxygens (including phenoxy) is 1. The third kappa shape index (κ3) is 3.95. The van der Waals surface area contributed by atoms with Gasteiger partial charge in [0.2, 0.25) is 17.7 Å². The summed E-state index contributed by atoms with van der Waals surface area (Å²) in [5.74, 6) is 0.979. The van der Waals surface area contributed by atoms with Crippen molar-refractivity contribution in [3.63, 3.8) is 0 Å². The molecule has 0 radical (unpaired) electrons. The van der Waals surface area contributed by atoms with Crippen LogP contribution >= 0.6 is 0 Å². The van der Waals surface area contributed by atoms with Crippen LogP contribution in [0.15, 0.2) is 52.9 Å². The molecule has 8 nitrogen and oxygen atoms in total. The summed E-state index contributed by atoms with van der Waals surface area (Å²) in [5, 5.41) is 13.5. The van der Waals surface area contributed by atoms with Gasteiger partial charge in [0.05, 0.1) is 5.69 Å². The summed E-state index contributed by atoms with van der Waals surface area (Å²) in [7, 11) is 0. The number of fused-ring (bicyclic) bond motifs is 1. The molecule has 2 amide bonds. The summed E-state index contributed by atoms with van der Waals surface area (Å²) in [5.41, 5.74) is 1.94. The van der Waals surface area contributed by atoms with Gasteiger partial charge in [0, 0.05) is 24.1 Å². The van der Waals surface area contributed by atoms with Crippen LogP contribution in [0.3, 0.4) is 0 Å². The average Bonchev–Trinajstić information content (AvgIpc) is 3.16. The van der Waals surface area contributed by atoms with Crippen LogP contribution in [0, 0.1) is 0 Å². The molecule has 27 heavy (non-hydrogen) atoms. The topological polar surface area (TPSA) is 106 Å². The average molecular weight is 364 g/mol. The molecule has 8 heteroatoms. The maximum atomic E-state index is 12.2. The minimum atomic E-state index is -0.225. The first-order valence-electron chi connectivity index (χ1n) is 8.42. The third-order valence-corrected chi connectivity index (χ3v) is 3.95. The van der Waals surface area contributed by atoms with E-state index in [2.05, 4.69) is 20.8 Å². The monoisotopic (exact) mass is 364 g/mol. The van der Waals surface area contributed by atoms with Crippen LogP contribution < -0.4 is 15.4 Å². The fourth-order valence-corrected chi connectivity index (χ4v) is 2.66. The Bertz CT molecular complexity index is 984. The van der Waals surface area contributed by atoms with Crippen molar-refractivity contribution in [2.24, 2.45) is 0 Å². The lowest BCUT2D eigenvalue weighted by molar-refractivity contribution is -0.118. The van der Waals surface area contributed by atoms with Crippen molar-refractivity contribution >= 4 is 23.2 Å². The second-order valence-electron chi connectivity index (χ2n) is 5.96. The normalized spacial score (nSPS) is 12.7. The molecular weight excluding hydrogens is 348 g/mol. The van der Waals surface area contributed by atoms with Crippen LogP contribution in [0.5, 0.6) is 5.75 Å². The fraction of sp³-hybridized carbons (Fsp3) is 0.158. The Morgan fingerprint density at radius 2 is 2.00 bits per heavy atom. The minimum absolute atomic E-state index is 0.00609. The highest BCUT2D eigenvalue weighted by Crippen LogP contribution is 2.30. The second-order valence-corrected chi connectivity index (χ2v) is 5.96. The maximum Gasteiger partial charge on any atom is 0.262 e. The predicted octanol–water partition coefficient (Wildman–Crippen LogP) is 2.64. The number of anilines is 2. The van der Waals surface area contributed by atoms with E-state index < -0.39 is 0 Å². The van der Waals surface area contributed by atoms with E-state index in [1.807, 2.05) is 30.3 Å². The first-order chi connectivity index (χ1) is 13.2. The number of hydrogen-bond donors (Lipinski definition) is 2. The molecule has 136 valence electrons. The Labute approximate surface area is 154 Å². The lowest BCUT2D eigenvalue weighted by atomic mass is 10.2. The number of nitrogens with zero attached hydrogens (tertiary/aromatic N) is 2. The van der Waals surface area contributed by atoms with Gasteiger partial charge < -0.3 is 19.8 Å². The molecule has 0 bridgehead atoms. The van der Waals surface area contributed by atoms with Crippen molar-refractivity contribution in [1.29, 1.82) is 0 Å². The quantitative estimate of drug-likeness (QED) is 0.721. The standard InChI is InChI=1S/C19H16N4O4/c24-16(20-13-6-7-15-14(10-13)21-17(25)11-26-15)8-9-18-22-23-19(27-18)12-4-2-1-3-5-12/h1-7,10H,8-9,11H2,(H,20,24)(H,21,25). The van der Waals surface area contributed by atoms with Gasteiger partial charge in [-0.15, -0.1) is 10.2 Å². The van der Waals surface area contributed by atoms with Crippen molar-refractivity contribution in [2.75, 3.05) is 17.2 Å². The number of amides is 2. The molecule has 2 aromatic carbocycles. The smallest absolute Gasteiger partial charge is 0.262 e. The van der Waals surface area contributed by atoms with E-state index in [1.165, 1.54) is 0 Å². The lowest BCUT2D eigenvalue weighted by Gasteiger charge is -2.18. The number of hydrogen-bond acceptors (Lipinski definition) is 6. The maximum absolute atomic E-state index is 12.2. The van der Waals surface area contributed by atoms with Crippen molar-refractivity contribution in [2.45, 2.75) is 12.8 Å². The van der Waals surface area contributed by atoms with Gasteiger partial charge in [-0.25, -0.2) is 0 Å². The van der Waals surface area contributed by atoms with E-state index in [0.29, 0.717) is 35.3 Å². The number of carbonyl (C=O) groups excluding carboxylic acids is 2. The Morgan fingerprint density at radius 3 is 2.85 bits per heavy atom. The molecule has 2 N–H and O–H groups in total. The number of benzene rings is 2. The molecule has 2 heterocycles. The molecular formula is C19H16N4O4. The van der Waals surface area contributed by atoms with E-state index in [-0.39, 0.29) is 24.8 Å². The molecule has 0 aliphatic carbocycles. The first-order valence-corrected chi connectivity index (χ1v) is 8.42. The molecule has 1 aromatic heterocycles. The second kappa shape index (κ2) is 7.28. The van der Waals surface area contributed by atoms with Crippen molar-refractivity contribution < 1.29 is 18.7 Å². The number of nitrogens with one attached hydrogen (secondary N) is 2. The summed E-state index contributed by atoms with van der Waals surface area (Å²) in [4.78, 5) is 23.6. The summed E-state index contributed by atoms with van der Waals surface area (Å²) in [6.45, 7) is -0.00609. The van der Waals surface area contributed by atoms with Crippen LogP contribution in [0.2, 0.25) is 0 Å². The molecule has 0 atom stereocenters. The van der Waals surface area contributed by atoms with Crippen molar-refractivity contribution in [3.8, 4) is 17.2 Å². The highest BCUT2D eigenvalue weighted by Gasteiger charge is 2.17. The molecule has 0 unspecified atom stereocenters. The summed E-state index contributed by atoms with van der Waals surface area (Å²) < 4.78 is 10.9. The summed E-state index contributed by atoms with van der Waals surface area (Å²) in [6.07, 6.45) is 0.521. The van der Waals surface area contributed by atoms with Gasteiger partial charge in [0.25, 0.3) is 5.91 Å². The zero-order valence-electron chi connectivity index (χ0n) is 14.3. The number of aryl methyl sites for hydroxylation is 1. The number of carbonyl (C=O) groups is 2. The lowest BCUT2D eigenvalue weighted by Crippen LogP contribution is -2.25. The van der Waals surface area contributed by atoms with Crippen LogP contribution in [0.4, 0.5) is 11.4 Å². The van der Waals surface area contributed by atoms with Gasteiger partial charge in [0.1, 0.15) is 5.75 Å². The zero-order valence-corrected chi connectivity index (χ0v) is 14.3. The summed E-state index contributed by atoms with van der Waals surface area (Å²) in [6, 6.07) is 14.5. The zero-order chi connectivity index (χ0) is 18.6. The molecule has 0 saturated heterocycles. The van der Waals surface area contributed by atoms with E-state index >= 15 is 0 Å². The molecule has 0 saturated carbocycles.